The van der Waals surface area contributed by atoms with Crippen LogP contribution in [0.4, 0.5) is 10.5 Å². The van der Waals surface area contributed by atoms with Gasteiger partial charge in [-0.15, -0.1) is 0 Å². The van der Waals surface area contributed by atoms with Crippen LogP contribution in [0.1, 0.15) is 33.5 Å². The Bertz CT molecular complexity index is 1260. The SMILES string of the molecule is CS(=O)(=O)N1CCc2cc(C(=O)CN3C(=O)N[C@]4(CCc5ccccc54)C3=O)ccc21. The number of Topliss-reactive ketones (excluding diaryl/α,β-unsaturated/α-hetero) is 1. The second-order valence-electron chi connectivity index (χ2n) is 8.24. The van der Waals surface area contributed by atoms with Crippen molar-refractivity contribution < 1.29 is 22.8 Å². The number of nitrogens with one attached hydrogen (secondary N) is 1. The molecule has 1 aliphatic carbocycles. The Balaban J connectivity index is 1.39. The maximum atomic E-state index is 13.2. The van der Waals surface area contributed by atoms with Gasteiger partial charge in [-0.3, -0.25) is 18.8 Å². The van der Waals surface area contributed by atoms with Gasteiger partial charge in [0, 0.05) is 12.1 Å². The van der Waals surface area contributed by atoms with Crippen LogP contribution in [-0.2, 0) is 33.2 Å². The zero-order valence-electron chi connectivity index (χ0n) is 16.9. The standard InChI is InChI=1S/C22H21N3O5S/c1-31(29,30)25-11-9-15-12-16(6-7-18(15)25)19(26)13-24-20(27)22(23-21(24)28)10-8-14-4-2-3-5-17(14)22/h2-7,12H,8-11,13H2,1H3,(H,23,28)/t22-/m0/s1. The van der Waals surface area contributed by atoms with E-state index in [2.05, 4.69) is 5.32 Å². The molecule has 31 heavy (non-hydrogen) atoms. The maximum absolute atomic E-state index is 13.2. The van der Waals surface area contributed by atoms with Crippen LogP contribution in [0.5, 0.6) is 0 Å². The fraction of sp³-hybridized carbons (Fsp3) is 0.318. The second kappa shape index (κ2) is 6.65. The third-order valence-corrected chi connectivity index (χ3v) is 7.56. The number of hydrogen-bond acceptors (Lipinski definition) is 5. The van der Waals surface area contributed by atoms with Crippen LogP contribution in [-0.4, -0.2) is 50.4 Å². The molecular weight excluding hydrogens is 418 g/mol. The van der Waals surface area contributed by atoms with Gasteiger partial charge >= 0.3 is 6.03 Å². The number of nitrogens with zero attached hydrogens (tertiary/aromatic N) is 2. The van der Waals surface area contributed by atoms with E-state index in [1.54, 1.807) is 18.2 Å². The van der Waals surface area contributed by atoms with E-state index in [-0.39, 0.29) is 12.3 Å². The number of amides is 3. The summed E-state index contributed by atoms with van der Waals surface area (Å²) in [4.78, 5) is 39.8. The number of hydrogen-bond donors (Lipinski definition) is 1. The average Bonchev–Trinajstić information content (AvgIpc) is 3.39. The molecule has 0 saturated carbocycles. The molecule has 2 heterocycles. The molecule has 3 aliphatic rings. The summed E-state index contributed by atoms with van der Waals surface area (Å²) in [5, 5.41) is 2.82. The highest BCUT2D eigenvalue weighted by molar-refractivity contribution is 7.92. The van der Waals surface area contributed by atoms with E-state index in [9.17, 15) is 22.8 Å². The number of anilines is 1. The normalized spacial score (nSPS) is 22.1. The maximum Gasteiger partial charge on any atom is 0.325 e. The molecule has 0 bridgehead atoms. The van der Waals surface area contributed by atoms with Crippen molar-refractivity contribution in [2.45, 2.75) is 24.8 Å². The van der Waals surface area contributed by atoms with Crippen molar-refractivity contribution in [3.8, 4) is 0 Å². The Hall–Kier alpha value is -3.20. The molecule has 0 aromatic heterocycles. The van der Waals surface area contributed by atoms with Crippen LogP contribution in [0.2, 0.25) is 0 Å². The van der Waals surface area contributed by atoms with Gasteiger partial charge in [0.15, 0.2) is 5.78 Å². The lowest BCUT2D eigenvalue weighted by molar-refractivity contribution is -0.131. The number of imide groups is 1. The molecule has 9 heteroatoms. The molecule has 8 nitrogen and oxygen atoms in total. The summed E-state index contributed by atoms with van der Waals surface area (Å²) in [7, 11) is -3.38. The fourth-order valence-electron chi connectivity index (χ4n) is 4.86. The third-order valence-electron chi connectivity index (χ3n) is 6.38. The van der Waals surface area contributed by atoms with Crippen LogP contribution in [0.25, 0.3) is 0 Å². The highest BCUT2D eigenvalue weighted by Crippen LogP contribution is 2.41. The quantitative estimate of drug-likeness (QED) is 0.576. The minimum absolute atomic E-state index is 0.334. The van der Waals surface area contributed by atoms with Gasteiger partial charge in [0.2, 0.25) is 10.0 Å². The topological polar surface area (TPSA) is 104 Å². The van der Waals surface area contributed by atoms with Crippen molar-refractivity contribution in [2.75, 3.05) is 23.7 Å². The lowest BCUT2D eigenvalue weighted by atomic mass is 9.92. The third kappa shape index (κ3) is 2.95. The van der Waals surface area contributed by atoms with E-state index in [1.807, 2.05) is 24.3 Å². The Kier molecular flexibility index (Phi) is 4.23. The predicted octanol–water partition coefficient (Wildman–Crippen LogP) is 1.58. The summed E-state index contributed by atoms with van der Waals surface area (Å²) in [5.41, 5.74) is 2.40. The molecule has 2 aromatic rings. The molecule has 2 aliphatic heterocycles. The zero-order valence-corrected chi connectivity index (χ0v) is 17.7. The number of benzene rings is 2. The lowest BCUT2D eigenvalue weighted by Gasteiger charge is -2.22. The highest BCUT2D eigenvalue weighted by Gasteiger charge is 2.55. The molecule has 0 radical (unpaired) electrons. The number of ketones is 1. The van der Waals surface area contributed by atoms with E-state index in [0.717, 1.165) is 27.8 Å². The Morgan fingerprint density at radius 1 is 1.10 bits per heavy atom. The van der Waals surface area contributed by atoms with Gasteiger partial charge in [0.25, 0.3) is 5.91 Å². The van der Waals surface area contributed by atoms with Crippen molar-refractivity contribution in [2.24, 2.45) is 0 Å². The summed E-state index contributed by atoms with van der Waals surface area (Å²) < 4.78 is 25.1. The highest BCUT2D eigenvalue weighted by atomic mass is 32.2. The number of fused-ring (bicyclic) bond motifs is 3. The number of carbonyl (C=O) groups is 3. The summed E-state index contributed by atoms with van der Waals surface area (Å²) >= 11 is 0. The monoisotopic (exact) mass is 439 g/mol. The van der Waals surface area contributed by atoms with Crippen molar-refractivity contribution in [3.05, 3.63) is 64.7 Å². The summed E-state index contributed by atoms with van der Waals surface area (Å²) in [6, 6.07) is 11.8. The van der Waals surface area contributed by atoms with Crippen molar-refractivity contribution in [1.82, 2.24) is 10.2 Å². The van der Waals surface area contributed by atoms with Crippen molar-refractivity contribution in [3.63, 3.8) is 0 Å². The van der Waals surface area contributed by atoms with E-state index in [1.165, 1.54) is 4.31 Å². The Labute approximate surface area is 179 Å². The van der Waals surface area contributed by atoms with Gasteiger partial charge in [-0.05, 0) is 54.2 Å². The van der Waals surface area contributed by atoms with E-state index >= 15 is 0 Å². The lowest BCUT2D eigenvalue weighted by Crippen LogP contribution is -2.42. The summed E-state index contributed by atoms with van der Waals surface area (Å²) in [5.74, 6) is -0.771. The Morgan fingerprint density at radius 2 is 1.87 bits per heavy atom. The molecule has 1 atom stereocenters. The summed E-state index contributed by atoms with van der Waals surface area (Å²) in [6.07, 6.45) is 2.82. The number of sulfonamides is 1. The van der Waals surface area contributed by atoms with Gasteiger partial charge in [-0.25, -0.2) is 13.2 Å². The number of carbonyl (C=O) groups excluding carboxylic acids is 3. The van der Waals surface area contributed by atoms with Crippen LogP contribution in [0.3, 0.4) is 0 Å². The van der Waals surface area contributed by atoms with Crippen LogP contribution in [0.15, 0.2) is 42.5 Å². The van der Waals surface area contributed by atoms with Crippen LogP contribution in [0, 0.1) is 0 Å². The van der Waals surface area contributed by atoms with Gasteiger partial charge in [0.05, 0.1) is 18.5 Å². The molecule has 2 aromatic carbocycles. The molecule has 1 spiro atoms. The van der Waals surface area contributed by atoms with E-state index in [0.29, 0.717) is 37.1 Å². The molecule has 3 amide bonds. The van der Waals surface area contributed by atoms with E-state index < -0.39 is 27.5 Å². The van der Waals surface area contributed by atoms with Crippen LogP contribution >= 0.6 is 0 Å². The van der Waals surface area contributed by atoms with Gasteiger partial charge in [0.1, 0.15) is 5.54 Å². The van der Waals surface area contributed by atoms with Gasteiger partial charge < -0.3 is 5.32 Å². The minimum Gasteiger partial charge on any atom is -0.319 e. The molecule has 5 rings (SSSR count). The van der Waals surface area contributed by atoms with Crippen molar-refractivity contribution in [1.29, 1.82) is 0 Å². The summed E-state index contributed by atoms with van der Waals surface area (Å²) in [6.45, 7) is -0.0239. The number of urea groups is 1. The van der Waals surface area contributed by atoms with Crippen molar-refractivity contribution >= 4 is 33.4 Å². The second-order valence-corrected chi connectivity index (χ2v) is 10.1. The number of aryl methyl sites for hydroxylation is 1. The molecule has 0 unspecified atom stereocenters. The van der Waals surface area contributed by atoms with Gasteiger partial charge in [-0.1, -0.05) is 24.3 Å². The average molecular weight is 439 g/mol. The molecule has 1 saturated heterocycles. The first kappa shape index (κ1) is 19.7. The largest absolute Gasteiger partial charge is 0.325 e. The van der Waals surface area contributed by atoms with Crippen LogP contribution < -0.4 is 9.62 Å². The molecular formula is C22H21N3O5S. The van der Waals surface area contributed by atoms with Gasteiger partial charge in [-0.2, -0.15) is 0 Å². The molecule has 160 valence electrons. The smallest absolute Gasteiger partial charge is 0.319 e. The first-order valence-corrected chi connectivity index (χ1v) is 11.9. The first-order valence-electron chi connectivity index (χ1n) is 10.1. The molecule has 1 fully saturated rings. The number of rotatable bonds is 4. The van der Waals surface area contributed by atoms with E-state index in [4.69, 9.17) is 0 Å². The minimum atomic E-state index is -3.38. The Morgan fingerprint density at radius 3 is 2.65 bits per heavy atom. The fourth-order valence-corrected chi connectivity index (χ4v) is 5.82. The zero-order chi connectivity index (χ0) is 22.0. The molecule has 1 N–H and O–H groups in total. The first-order chi connectivity index (χ1) is 14.7. The predicted molar refractivity (Wildman–Crippen MR) is 113 cm³/mol.